The van der Waals surface area contributed by atoms with Crippen LogP contribution < -0.4 is 9.88 Å². The topological polar surface area (TPSA) is 141 Å². The Morgan fingerprint density at radius 3 is 2.51 bits per heavy atom. The molecule has 39 heavy (non-hydrogen) atoms. The quantitative estimate of drug-likeness (QED) is 0.0890. The van der Waals surface area contributed by atoms with Crippen LogP contribution in [0.2, 0.25) is 0 Å². The van der Waals surface area contributed by atoms with Gasteiger partial charge in [0, 0.05) is 35.9 Å². The zero-order valence-electron chi connectivity index (χ0n) is 21.9. The van der Waals surface area contributed by atoms with Crippen molar-refractivity contribution in [2.45, 2.75) is 45.4 Å². The second-order valence-corrected chi connectivity index (χ2v) is 9.13. The van der Waals surface area contributed by atoms with Crippen LogP contribution in [0.25, 0.3) is 22.3 Å². The molecule has 4 rings (SSSR count). The van der Waals surface area contributed by atoms with E-state index < -0.39 is 4.92 Å². The number of nitro benzene ring substituents is 1. The highest BCUT2D eigenvalue weighted by molar-refractivity contribution is 5.91. The summed E-state index contributed by atoms with van der Waals surface area (Å²) in [6, 6.07) is 14.1. The Morgan fingerprint density at radius 1 is 1.03 bits per heavy atom. The highest BCUT2D eigenvalue weighted by Crippen LogP contribution is 2.26. The summed E-state index contributed by atoms with van der Waals surface area (Å²) < 4.78 is 11.7. The number of amides is 1. The van der Waals surface area contributed by atoms with E-state index in [1.54, 1.807) is 25.1 Å². The number of nitrogens with one attached hydrogen (secondary N) is 1. The van der Waals surface area contributed by atoms with Gasteiger partial charge in [0.1, 0.15) is 12.6 Å². The molecule has 0 aliphatic carbocycles. The van der Waals surface area contributed by atoms with Crippen LogP contribution in [-0.4, -0.2) is 33.7 Å². The molecule has 11 nitrogen and oxygen atoms in total. The zero-order chi connectivity index (χ0) is 27.8. The van der Waals surface area contributed by atoms with Crippen molar-refractivity contribution in [1.29, 1.82) is 0 Å². The number of anilines is 1. The van der Waals surface area contributed by atoms with Gasteiger partial charge in [-0.25, -0.2) is 14.0 Å². The number of non-ortho nitro benzene ring substituents is 1. The maximum Gasteiger partial charge on any atom is 0.338 e. The number of nitrogens with zero attached hydrogens (tertiary/aromatic N) is 4. The van der Waals surface area contributed by atoms with Crippen molar-refractivity contribution in [1.82, 2.24) is 10.3 Å². The number of unbranched alkanes of at least 4 members (excludes halogenated alkanes) is 3. The molecule has 2 aromatic heterocycles. The summed E-state index contributed by atoms with van der Waals surface area (Å²) in [6.07, 6.45) is 6.32. The van der Waals surface area contributed by atoms with E-state index in [1.165, 1.54) is 6.07 Å². The lowest BCUT2D eigenvalue weighted by molar-refractivity contribution is -0.660. The summed E-state index contributed by atoms with van der Waals surface area (Å²) in [5, 5.41) is 21.5. The highest BCUT2D eigenvalue weighted by atomic mass is 16.6. The average Bonchev–Trinajstić information content (AvgIpc) is 3.42. The first kappa shape index (κ1) is 27.4. The third kappa shape index (κ3) is 6.81. The molecule has 4 aromatic rings. The molecule has 0 radical (unpaired) electrons. The lowest BCUT2D eigenvalue weighted by atomic mass is 10.0. The maximum absolute atomic E-state index is 12.4. The smallest absolute Gasteiger partial charge is 0.338 e. The molecule has 0 saturated heterocycles. The minimum Gasteiger partial charge on any atom is -0.462 e. The zero-order valence-corrected chi connectivity index (χ0v) is 21.9. The third-order valence-corrected chi connectivity index (χ3v) is 6.40. The lowest BCUT2D eigenvalue weighted by Crippen LogP contribution is -2.31. The predicted octanol–water partition coefficient (Wildman–Crippen LogP) is 4.93. The van der Waals surface area contributed by atoms with E-state index in [2.05, 4.69) is 15.6 Å². The minimum absolute atomic E-state index is 0.0524. The summed E-state index contributed by atoms with van der Waals surface area (Å²) in [5.41, 5.74) is 4.29. The minimum atomic E-state index is -0.498. The van der Waals surface area contributed by atoms with Crippen LogP contribution in [0.3, 0.4) is 0 Å². The number of aromatic nitrogens is 3. The first-order chi connectivity index (χ1) is 18.9. The summed E-state index contributed by atoms with van der Waals surface area (Å²) in [5.74, 6) is -0.414. The number of ether oxygens (including phenoxy) is 1. The van der Waals surface area contributed by atoms with Gasteiger partial charge in [0.2, 0.25) is 17.1 Å². The fraction of sp³-hybridized carbons (Fsp3) is 0.321. The van der Waals surface area contributed by atoms with Gasteiger partial charge in [-0.1, -0.05) is 12.8 Å². The number of pyridine rings is 1. The fourth-order valence-electron chi connectivity index (χ4n) is 4.35. The van der Waals surface area contributed by atoms with E-state index in [-0.39, 0.29) is 23.1 Å². The Kier molecular flexibility index (Phi) is 8.93. The highest BCUT2D eigenvalue weighted by Gasteiger charge is 2.19. The second kappa shape index (κ2) is 12.7. The molecule has 0 unspecified atom stereocenters. The van der Waals surface area contributed by atoms with Crippen molar-refractivity contribution in [2.24, 2.45) is 7.05 Å². The van der Waals surface area contributed by atoms with Crippen molar-refractivity contribution >= 4 is 34.3 Å². The first-order valence-corrected chi connectivity index (χ1v) is 12.8. The number of nitro groups is 1. The van der Waals surface area contributed by atoms with E-state index in [9.17, 15) is 19.7 Å². The molecular weight excluding hydrogens is 502 g/mol. The molecule has 2 heterocycles. The number of hydrogen-bond donors (Lipinski definition) is 1. The van der Waals surface area contributed by atoms with E-state index in [4.69, 9.17) is 9.37 Å². The Balaban J connectivity index is 1.22. The lowest BCUT2D eigenvalue weighted by Gasteiger charge is -2.07. The molecule has 0 saturated carbocycles. The maximum atomic E-state index is 12.4. The number of esters is 1. The molecule has 0 aliphatic heterocycles. The van der Waals surface area contributed by atoms with Gasteiger partial charge in [0.15, 0.2) is 6.20 Å². The second-order valence-electron chi connectivity index (χ2n) is 9.13. The monoisotopic (exact) mass is 532 g/mol. The number of carbonyl (C=O) groups excluding carboxylic acids is 2. The normalized spacial score (nSPS) is 10.9. The van der Waals surface area contributed by atoms with Crippen LogP contribution in [0.5, 0.6) is 0 Å². The summed E-state index contributed by atoms with van der Waals surface area (Å²) in [7, 11) is 1.90. The van der Waals surface area contributed by atoms with Gasteiger partial charge in [-0.05, 0) is 72.4 Å². The third-order valence-electron chi connectivity index (χ3n) is 6.40. The van der Waals surface area contributed by atoms with Gasteiger partial charge < -0.3 is 10.1 Å². The molecular formula is C28H30N5O6+. The Hall–Kier alpha value is -4.67. The molecule has 1 N–H and O–H groups in total. The SMILES string of the molecule is CCOC(=O)c1cc[n+](C)c(-c2ccc(NC(=O)CCCCCCc3ccc([N+](=O)[O-])c4nonc34)cc2)c1. The molecule has 0 bridgehead atoms. The number of carbonyl (C=O) groups is 2. The summed E-state index contributed by atoms with van der Waals surface area (Å²) in [6.45, 7) is 2.09. The average molecular weight is 533 g/mol. The van der Waals surface area contributed by atoms with Crippen LogP contribution in [0.4, 0.5) is 11.4 Å². The number of hydrogen-bond acceptors (Lipinski definition) is 8. The van der Waals surface area contributed by atoms with Crippen LogP contribution in [-0.2, 0) is 23.0 Å². The Morgan fingerprint density at radius 2 is 1.77 bits per heavy atom. The van der Waals surface area contributed by atoms with Crippen LogP contribution >= 0.6 is 0 Å². The summed E-state index contributed by atoms with van der Waals surface area (Å²) in [4.78, 5) is 35.1. The van der Waals surface area contributed by atoms with Gasteiger partial charge in [-0.2, -0.15) is 0 Å². The van der Waals surface area contributed by atoms with Crippen LogP contribution in [0, 0.1) is 10.1 Å². The number of aryl methyl sites for hydroxylation is 2. The van der Waals surface area contributed by atoms with Crippen molar-refractivity contribution in [3.8, 4) is 11.3 Å². The standard InChI is InChI=1S/C28H29N5O6/c1-3-38-28(35)21-16-17-32(2)24(18-21)19-10-13-22(14-11-19)29-25(34)9-7-5-4-6-8-20-12-15-23(33(36)37)27-26(20)30-39-31-27/h10-18H,3-9H2,1-2H3/p+1. The Labute approximate surface area is 224 Å². The number of rotatable bonds is 12. The van der Waals surface area contributed by atoms with Gasteiger partial charge in [0.25, 0.3) is 0 Å². The van der Waals surface area contributed by atoms with E-state index in [0.717, 1.165) is 42.5 Å². The molecule has 2 aromatic carbocycles. The van der Waals surface area contributed by atoms with Crippen LogP contribution in [0.1, 0.15) is 54.9 Å². The summed E-state index contributed by atoms with van der Waals surface area (Å²) >= 11 is 0. The van der Waals surface area contributed by atoms with Gasteiger partial charge in [-0.3, -0.25) is 14.9 Å². The molecule has 1 amide bonds. The predicted molar refractivity (Wildman–Crippen MR) is 143 cm³/mol. The first-order valence-electron chi connectivity index (χ1n) is 12.8. The van der Waals surface area contributed by atoms with Crippen molar-refractivity contribution < 1.29 is 28.4 Å². The molecule has 0 fully saturated rings. The van der Waals surface area contributed by atoms with Crippen molar-refractivity contribution in [2.75, 3.05) is 11.9 Å². The van der Waals surface area contributed by atoms with Crippen molar-refractivity contribution in [3.63, 3.8) is 0 Å². The van der Waals surface area contributed by atoms with Gasteiger partial charge >= 0.3 is 11.7 Å². The van der Waals surface area contributed by atoms with Gasteiger partial charge in [0.05, 0.1) is 17.1 Å². The molecule has 0 aliphatic rings. The molecule has 11 heteroatoms. The largest absolute Gasteiger partial charge is 0.462 e. The molecule has 0 spiro atoms. The molecule has 202 valence electrons. The van der Waals surface area contributed by atoms with Crippen molar-refractivity contribution in [3.05, 3.63) is 76.0 Å². The van der Waals surface area contributed by atoms with E-state index in [1.807, 2.05) is 42.1 Å². The molecule has 0 atom stereocenters. The Bertz CT molecular complexity index is 1480. The van der Waals surface area contributed by atoms with E-state index in [0.29, 0.717) is 36.2 Å². The fourth-order valence-corrected chi connectivity index (χ4v) is 4.35. The number of fused-ring (bicyclic) bond motifs is 1. The number of benzene rings is 2. The van der Waals surface area contributed by atoms with Crippen LogP contribution in [0.15, 0.2) is 59.4 Å². The van der Waals surface area contributed by atoms with E-state index >= 15 is 0 Å². The van der Waals surface area contributed by atoms with Gasteiger partial charge in [-0.15, -0.1) is 0 Å².